The zero-order chi connectivity index (χ0) is 11.5. The Labute approximate surface area is 99.3 Å². The van der Waals surface area contributed by atoms with Gasteiger partial charge in [0.15, 0.2) is 0 Å². The van der Waals surface area contributed by atoms with Gasteiger partial charge in [0.1, 0.15) is 11.7 Å². The Hall–Kier alpha value is -1.03. The zero-order valence-corrected chi connectivity index (χ0v) is 10.1. The molecule has 0 saturated heterocycles. The summed E-state index contributed by atoms with van der Waals surface area (Å²) in [5.41, 5.74) is 1.82. The Morgan fingerprint density at radius 3 is 3.06 bits per heavy atom. The normalized spacial score (nSPS) is 14.4. The first-order chi connectivity index (χ1) is 7.72. The molecule has 0 aromatic heterocycles. The second-order valence-corrected chi connectivity index (χ2v) is 4.90. The van der Waals surface area contributed by atoms with E-state index >= 15 is 0 Å². The number of rotatable bonds is 4. The predicted molar refractivity (Wildman–Crippen MR) is 66.6 cm³/mol. The Bertz CT molecular complexity index is 406. The first-order valence-corrected chi connectivity index (χ1v) is 6.73. The highest BCUT2D eigenvalue weighted by Crippen LogP contribution is 2.23. The highest BCUT2D eigenvalue weighted by Gasteiger charge is 2.23. The van der Waals surface area contributed by atoms with E-state index in [0.29, 0.717) is 5.84 Å². The molecule has 86 valence electrons. The molecule has 1 heterocycles. The Morgan fingerprint density at radius 1 is 1.50 bits per heavy atom. The van der Waals surface area contributed by atoms with Crippen molar-refractivity contribution in [2.24, 2.45) is 0 Å². The van der Waals surface area contributed by atoms with Gasteiger partial charge in [0, 0.05) is 18.7 Å². The number of fused-ring (bicyclic) bond motifs is 1. The van der Waals surface area contributed by atoms with Gasteiger partial charge in [0.2, 0.25) is 0 Å². The molecule has 0 amide bonds. The van der Waals surface area contributed by atoms with Crippen LogP contribution in [0.4, 0.5) is 4.39 Å². The molecule has 0 bridgehead atoms. The number of nitrogens with zero attached hydrogens (tertiary/aromatic N) is 1. The van der Waals surface area contributed by atoms with Crippen LogP contribution < -0.4 is 0 Å². The van der Waals surface area contributed by atoms with E-state index in [1.807, 2.05) is 16.7 Å². The molecule has 1 aromatic rings. The molecular weight excluding hydrogens is 223 g/mol. The molecule has 1 aromatic carbocycles. The standard InChI is InChI=1S/C12H15FN2S/c1-16-6-2-5-15-8-9-3-4-10(13)7-11(9)12(15)14/h3-4,7,14H,2,5-6,8H2,1H3. The lowest BCUT2D eigenvalue weighted by Gasteiger charge is -2.17. The molecule has 2 rings (SSSR count). The van der Waals surface area contributed by atoms with Crippen LogP contribution in [0.1, 0.15) is 17.5 Å². The third-order valence-corrected chi connectivity index (χ3v) is 3.48. The molecule has 0 fully saturated rings. The highest BCUT2D eigenvalue weighted by atomic mass is 32.2. The van der Waals surface area contributed by atoms with E-state index in [9.17, 15) is 4.39 Å². The van der Waals surface area contributed by atoms with E-state index in [1.54, 1.807) is 6.07 Å². The molecule has 1 N–H and O–H groups in total. The highest BCUT2D eigenvalue weighted by molar-refractivity contribution is 7.98. The molecule has 0 saturated carbocycles. The maximum absolute atomic E-state index is 13.1. The lowest BCUT2D eigenvalue weighted by Crippen LogP contribution is -2.25. The molecular formula is C12H15FN2S. The SMILES string of the molecule is CSCCCN1Cc2ccc(F)cc2C1=N. The lowest BCUT2D eigenvalue weighted by molar-refractivity contribution is 0.428. The van der Waals surface area contributed by atoms with Gasteiger partial charge in [-0.1, -0.05) is 6.07 Å². The molecule has 0 unspecified atom stereocenters. The quantitative estimate of drug-likeness (QED) is 0.817. The van der Waals surface area contributed by atoms with E-state index in [2.05, 4.69) is 6.26 Å². The summed E-state index contributed by atoms with van der Waals surface area (Å²) in [6, 6.07) is 4.72. The molecule has 0 atom stereocenters. The van der Waals surface area contributed by atoms with Gasteiger partial charge in [0.25, 0.3) is 0 Å². The molecule has 0 spiro atoms. The molecule has 1 aliphatic heterocycles. The second kappa shape index (κ2) is 4.87. The first-order valence-electron chi connectivity index (χ1n) is 5.33. The lowest BCUT2D eigenvalue weighted by atomic mass is 10.1. The number of nitrogens with one attached hydrogen (secondary N) is 1. The molecule has 2 nitrogen and oxygen atoms in total. The van der Waals surface area contributed by atoms with Crippen molar-refractivity contribution >= 4 is 17.6 Å². The summed E-state index contributed by atoms with van der Waals surface area (Å²) >= 11 is 1.82. The van der Waals surface area contributed by atoms with Crippen molar-refractivity contribution < 1.29 is 4.39 Å². The van der Waals surface area contributed by atoms with Crippen molar-refractivity contribution in [1.29, 1.82) is 5.41 Å². The van der Waals surface area contributed by atoms with Gasteiger partial charge in [0.05, 0.1) is 0 Å². The van der Waals surface area contributed by atoms with Gasteiger partial charge in [-0.3, -0.25) is 5.41 Å². The van der Waals surface area contributed by atoms with E-state index in [1.165, 1.54) is 12.1 Å². The molecule has 4 heteroatoms. The van der Waals surface area contributed by atoms with Gasteiger partial charge < -0.3 is 4.90 Å². The van der Waals surface area contributed by atoms with Gasteiger partial charge >= 0.3 is 0 Å². The fourth-order valence-electron chi connectivity index (χ4n) is 1.95. The molecule has 0 radical (unpaired) electrons. The van der Waals surface area contributed by atoms with Gasteiger partial charge in [-0.25, -0.2) is 4.39 Å². The van der Waals surface area contributed by atoms with Crippen LogP contribution in [0, 0.1) is 11.2 Å². The van der Waals surface area contributed by atoms with Crippen LogP contribution in [0.15, 0.2) is 18.2 Å². The van der Waals surface area contributed by atoms with Gasteiger partial charge in [-0.2, -0.15) is 11.8 Å². The maximum atomic E-state index is 13.1. The third-order valence-electron chi connectivity index (χ3n) is 2.78. The summed E-state index contributed by atoms with van der Waals surface area (Å²) in [5.74, 6) is 1.32. The fraction of sp³-hybridized carbons (Fsp3) is 0.417. The number of hydrogen-bond donors (Lipinski definition) is 1. The fourth-order valence-corrected chi connectivity index (χ4v) is 2.37. The predicted octanol–water partition coefficient (Wildman–Crippen LogP) is 2.72. The van der Waals surface area contributed by atoms with Gasteiger partial charge in [-0.05, 0) is 36.1 Å². The van der Waals surface area contributed by atoms with Gasteiger partial charge in [-0.15, -0.1) is 0 Å². The van der Waals surface area contributed by atoms with Crippen LogP contribution >= 0.6 is 11.8 Å². The number of benzene rings is 1. The smallest absolute Gasteiger partial charge is 0.128 e. The van der Waals surface area contributed by atoms with Crippen molar-refractivity contribution in [1.82, 2.24) is 4.90 Å². The Balaban J connectivity index is 2.06. The summed E-state index contributed by atoms with van der Waals surface area (Å²) in [7, 11) is 0. The second-order valence-electron chi connectivity index (χ2n) is 3.92. The summed E-state index contributed by atoms with van der Waals surface area (Å²) in [5, 5.41) is 7.97. The average molecular weight is 238 g/mol. The van der Waals surface area contributed by atoms with Crippen LogP contribution in [0.3, 0.4) is 0 Å². The van der Waals surface area contributed by atoms with Crippen LogP contribution in [-0.4, -0.2) is 29.3 Å². The van der Waals surface area contributed by atoms with E-state index < -0.39 is 0 Å². The van der Waals surface area contributed by atoms with Crippen molar-refractivity contribution in [2.75, 3.05) is 18.6 Å². The van der Waals surface area contributed by atoms with Crippen LogP contribution in [-0.2, 0) is 6.54 Å². The van der Waals surface area contributed by atoms with E-state index in [4.69, 9.17) is 5.41 Å². The van der Waals surface area contributed by atoms with E-state index in [0.717, 1.165) is 36.4 Å². The maximum Gasteiger partial charge on any atom is 0.128 e. The topological polar surface area (TPSA) is 27.1 Å². The summed E-state index contributed by atoms with van der Waals surface area (Å²) < 4.78 is 13.1. The summed E-state index contributed by atoms with van der Waals surface area (Å²) in [4.78, 5) is 2.01. The van der Waals surface area contributed by atoms with Crippen LogP contribution in [0.5, 0.6) is 0 Å². The average Bonchev–Trinajstić information content (AvgIpc) is 2.57. The van der Waals surface area contributed by atoms with Crippen molar-refractivity contribution in [3.8, 4) is 0 Å². The monoisotopic (exact) mass is 238 g/mol. The minimum absolute atomic E-state index is 0.255. The van der Waals surface area contributed by atoms with Crippen molar-refractivity contribution in [3.05, 3.63) is 35.1 Å². The Morgan fingerprint density at radius 2 is 2.31 bits per heavy atom. The Kier molecular flexibility index (Phi) is 3.49. The minimum Gasteiger partial charge on any atom is -0.352 e. The first kappa shape index (κ1) is 11.5. The minimum atomic E-state index is -0.255. The van der Waals surface area contributed by atoms with Crippen molar-refractivity contribution in [2.45, 2.75) is 13.0 Å². The largest absolute Gasteiger partial charge is 0.352 e. The summed E-state index contributed by atoms with van der Waals surface area (Å²) in [6.45, 7) is 1.64. The number of halogens is 1. The number of amidine groups is 1. The number of thioether (sulfide) groups is 1. The molecule has 1 aliphatic rings. The third kappa shape index (κ3) is 2.21. The zero-order valence-electron chi connectivity index (χ0n) is 9.29. The van der Waals surface area contributed by atoms with Crippen LogP contribution in [0.25, 0.3) is 0 Å². The number of hydrogen-bond acceptors (Lipinski definition) is 2. The summed E-state index contributed by atoms with van der Waals surface area (Å²) in [6.07, 6.45) is 3.15. The molecule has 0 aliphatic carbocycles. The van der Waals surface area contributed by atoms with E-state index in [-0.39, 0.29) is 5.82 Å². The van der Waals surface area contributed by atoms with Crippen molar-refractivity contribution in [3.63, 3.8) is 0 Å². The van der Waals surface area contributed by atoms with Crippen LogP contribution in [0.2, 0.25) is 0 Å². The molecule has 16 heavy (non-hydrogen) atoms.